The predicted octanol–water partition coefficient (Wildman–Crippen LogP) is 3.65. The van der Waals surface area contributed by atoms with Crippen LogP contribution in [0, 0.1) is 0 Å². The largest absolute Gasteiger partial charge is 0.486 e. The van der Waals surface area contributed by atoms with E-state index < -0.39 is 5.60 Å². The summed E-state index contributed by atoms with van der Waals surface area (Å²) >= 11 is 0. The molecule has 25 heavy (non-hydrogen) atoms. The molecule has 3 aromatic rings. The second-order valence-corrected chi connectivity index (χ2v) is 6.19. The molecular formula is C18H18N4O3. The van der Waals surface area contributed by atoms with Crippen molar-refractivity contribution in [1.29, 1.82) is 0 Å². The first kappa shape index (κ1) is 15.6. The summed E-state index contributed by atoms with van der Waals surface area (Å²) in [4.78, 5) is 23.9. The van der Waals surface area contributed by atoms with Gasteiger partial charge in [0.1, 0.15) is 17.0 Å². The van der Waals surface area contributed by atoms with E-state index in [1.807, 2.05) is 26.0 Å². The molecule has 1 aliphatic rings. The number of H-pyrrole nitrogens is 1. The van der Waals surface area contributed by atoms with Crippen LogP contribution in [0.4, 0.5) is 0 Å². The number of rotatable bonds is 4. The first-order valence-electron chi connectivity index (χ1n) is 8.33. The lowest BCUT2D eigenvalue weighted by Gasteiger charge is -2.36. The molecule has 0 spiro atoms. The van der Waals surface area contributed by atoms with Crippen molar-refractivity contribution in [1.82, 2.24) is 20.1 Å². The highest BCUT2D eigenvalue weighted by Crippen LogP contribution is 2.38. The normalized spacial score (nSPS) is 15.7. The van der Waals surface area contributed by atoms with Crippen molar-refractivity contribution in [3.05, 3.63) is 36.3 Å². The predicted molar refractivity (Wildman–Crippen MR) is 90.2 cm³/mol. The highest BCUT2D eigenvalue weighted by Gasteiger charge is 2.37. The maximum absolute atomic E-state index is 12.6. The Morgan fingerprint density at radius 2 is 2.12 bits per heavy atom. The lowest BCUT2D eigenvalue weighted by molar-refractivity contribution is 0.0350. The van der Waals surface area contributed by atoms with Crippen LogP contribution in [0.15, 0.2) is 35.2 Å². The van der Waals surface area contributed by atoms with Crippen molar-refractivity contribution in [2.24, 2.45) is 0 Å². The van der Waals surface area contributed by atoms with E-state index in [0.29, 0.717) is 40.7 Å². The molecular weight excluding hydrogens is 320 g/mol. The third-order valence-electron chi connectivity index (χ3n) is 4.79. The van der Waals surface area contributed by atoms with Crippen LogP contribution < -0.4 is 4.74 Å². The van der Waals surface area contributed by atoms with E-state index in [1.165, 1.54) is 0 Å². The number of carbonyl (C=O) groups is 1. The fourth-order valence-corrected chi connectivity index (χ4v) is 3.10. The lowest BCUT2D eigenvalue weighted by atomic mass is 9.85. The fraction of sp³-hybridized carbons (Fsp3) is 0.333. The Bertz CT molecular complexity index is 910. The second-order valence-electron chi connectivity index (χ2n) is 6.19. The average molecular weight is 338 g/mol. The zero-order chi connectivity index (χ0) is 17.4. The summed E-state index contributed by atoms with van der Waals surface area (Å²) < 4.78 is 11.5. The van der Waals surface area contributed by atoms with E-state index in [-0.39, 0.29) is 5.78 Å². The maximum atomic E-state index is 12.6. The van der Waals surface area contributed by atoms with Gasteiger partial charge in [-0.25, -0.2) is 4.98 Å². The van der Waals surface area contributed by atoms with Gasteiger partial charge in [0.15, 0.2) is 5.78 Å². The van der Waals surface area contributed by atoms with Crippen LogP contribution >= 0.6 is 0 Å². The highest BCUT2D eigenvalue weighted by molar-refractivity contribution is 6.01. The Hall–Kier alpha value is -2.96. The quantitative estimate of drug-likeness (QED) is 0.780. The molecule has 7 heteroatoms. The summed E-state index contributed by atoms with van der Waals surface area (Å²) in [6.07, 6.45) is 5.16. The number of hydrogen-bond acceptors (Lipinski definition) is 6. The standard InChI is InChI=1S/C18H18N4O3/c1-3-18(4-2)8-14(23)12-7-11(5-6-15(12)24-18)17-21-16(22-25-17)13-9-19-10-20-13/h5-7,9-10H,3-4,8H2,1-2H3,(H,19,20). The van der Waals surface area contributed by atoms with Crippen LogP contribution in [0.2, 0.25) is 0 Å². The minimum Gasteiger partial charge on any atom is -0.486 e. The number of ketones is 1. The summed E-state index contributed by atoms with van der Waals surface area (Å²) in [5.41, 5.74) is 1.53. The van der Waals surface area contributed by atoms with Crippen LogP contribution in [0.3, 0.4) is 0 Å². The molecule has 7 nitrogen and oxygen atoms in total. The first-order chi connectivity index (χ1) is 12.1. The van der Waals surface area contributed by atoms with E-state index in [0.717, 1.165) is 12.8 Å². The Kier molecular flexibility index (Phi) is 3.63. The Labute approximate surface area is 144 Å². The highest BCUT2D eigenvalue weighted by atomic mass is 16.5. The van der Waals surface area contributed by atoms with Crippen LogP contribution in [0.5, 0.6) is 5.75 Å². The maximum Gasteiger partial charge on any atom is 0.258 e. The Morgan fingerprint density at radius 1 is 1.28 bits per heavy atom. The van der Waals surface area contributed by atoms with Gasteiger partial charge in [0.25, 0.3) is 5.89 Å². The average Bonchev–Trinajstić information content (AvgIpc) is 3.32. The van der Waals surface area contributed by atoms with E-state index in [4.69, 9.17) is 9.26 Å². The number of Topliss-reactive ketones (excluding diaryl/α,β-unsaturated/α-hetero) is 1. The number of ether oxygens (including phenoxy) is 1. The molecule has 0 aliphatic carbocycles. The topological polar surface area (TPSA) is 93.9 Å². The summed E-state index contributed by atoms with van der Waals surface area (Å²) in [6, 6.07) is 5.40. The smallest absolute Gasteiger partial charge is 0.258 e. The SMILES string of the molecule is CCC1(CC)CC(=O)c2cc(-c3nc(-c4cnc[nH]4)no3)ccc2O1. The second kappa shape index (κ2) is 5.84. The van der Waals surface area contributed by atoms with Gasteiger partial charge in [-0.15, -0.1) is 0 Å². The minimum absolute atomic E-state index is 0.0834. The van der Waals surface area contributed by atoms with Crippen molar-refractivity contribution in [3.63, 3.8) is 0 Å². The van der Waals surface area contributed by atoms with Crippen LogP contribution in [-0.2, 0) is 0 Å². The number of aromatic nitrogens is 4. The van der Waals surface area contributed by atoms with Crippen molar-refractivity contribution < 1.29 is 14.1 Å². The molecule has 0 amide bonds. The first-order valence-corrected chi connectivity index (χ1v) is 8.33. The van der Waals surface area contributed by atoms with Gasteiger partial charge in [-0.05, 0) is 31.0 Å². The molecule has 0 bridgehead atoms. The minimum atomic E-state index is -0.399. The molecule has 128 valence electrons. The third kappa shape index (κ3) is 2.61. The van der Waals surface area contributed by atoms with E-state index in [2.05, 4.69) is 20.1 Å². The molecule has 1 aromatic carbocycles. The molecule has 0 unspecified atom stereocenters. The van der Waals surface area contributed by atoms with Gasteiger partial charge >= 0.3 is 0 Å². The zero-order valence-electron chi connectivity index (χ0n) is 14.1. The van der Waals surface area contributed by atoms with Crippen molar-refractivity contribution in [2.75, 3.05) is 0 Å². The van der Waals surface area contributed by atoms with Crippen LogP contribution in [0.25, 0.3) is 23.0 Å². The van der Waals surface area contributed by atoms with Crippen LogP contribution in [0.1, 0.15) is 43.5 Å². The molecule has 0 saturated carbocycles. The van der Waals surface area contributed by atoms with E-state index in [9.17, 15) is 4.79 Å². The number of imidazole rings is 1. The summed E-state index contributed by atoms with van der Waals surface area (Å²) in [5, 5.41) is 3.94. The number of benzene rings is 1. The molecule has 0 saturated heterocycles. The van der Waals surface area contributed by atoms with Crippen molar-refractivity contribution >= 4 is 5.78 Å². The summed E-state index contributed by atoms with van der Waals surface area (Å²) in [5.74, 6) is 1.48. The summed E-state index contributed by atoms with van der Waals surface area (Å²) in [6.45, 7) is 4.09. The van der Waals surface area contributed by atoms with Gasteiger partial charge in [-0.2, -0.15) is 4.98 Å². The molecule has 0 radical (unpaired) electrons. The fourth-order valence-electron chi connectivity index (χ4n) is 3.10. The van der Waals surface area contributed by atoms with E-state index in [1.54, 1.807) is 18.6 Å². The number of aromatic amines is 1. The third-order valence-corrected chi connectivity index (χ3v) is 4.79. The molecule has 0 atom stereocenters. The van der Waals surface area contributed by atoms with Gasteiger partial charge in [-0.3, -0.25) is 4.79 Å². The van der Waals surface area contributed by atoms with Gasteiger partial charge in [-0.1, -0.05) is 19.0 Å². The number of nitrogens with one attached hydrogen (secondary N) is 1. The molecule has 3 heterocycles. The summed E-state index contributed by atoms with van der Waals surface area (Å²) in [7, 11) is 0. The molecule has 1 aliphatic heterocycles. The van der Waals surface area contributed by atoms with E-state index >= 15 is 0 Å². The van der Waals surface area contributed by atoms with Gasteiger partial charge < -0.3 is 14.2 Å². The van der Waals surface area contributed by atoms with Gasteiger partial charge in [0, 0.05) is 5.56 Å². The lowest BCUT2D eigenvalue weighted by Crippen LogP contribution is -2.40. The Morgan fingerprint density at radius 3 is 2.84 bits per heavy atom. The number of hydrogen-bond donors (Lipinski definition) is 1. The van der Waals surface area contributed by atoms with Crippen molar-refractivity contribution in [3.8, 4) is 28.7 Å². The van der Waals surface area contributed by atoms with Gasteiger partial charge in [0.05, 0.1) is 24.5 Å². The number of nitrogens with zero attached hydrogens (tertiary/aromatic N) is 3. The zero-order valence-corrected chi connectivity index (χ0v) is 14.1. The number of fused-ring (bicyclic) bond motifs is 1. The number of carbonyl (C=O) groups excluding carboxylic acids is 1. The molecule has 4 rings (SSSR count). The monoisotopic (exact) mass is 338 g/mol. The van der Waals surface area contributed by atoms with Gasteiger partial charge in [0.2, 0.25) is 5.82 Å². The van der Waals surface area contributed by atoms with Crippen LogP contribution in [-0.4, -0.2) is 31.5 Å². The molecule has 1 N–H and O–H groups in total. The molecule has 0 fully saturated rings. The molecule has 2 aromatic heterocycles. The van der Waals surface area contributed by atoms with Crippen molar-refractivity contribution in [2.45, 2.75) is 38.7 Å². The Balaban J connectivity index is 1.69.